The number of rotatable bonds is 8. The maximum Gasteiger partial charge on any atom is 0.338 e. The van der Waals surface area contributed by atoms with E-state index in [1.807, 2.05) is 0 Å². The Kier molecular flexibility index (Phi) is 6.87. The van der Waals surface area contributed by atoms with E-state index in [1.54, 1.807) is 12.1 Å². The van der Waals surface area contributed by atoms with Crippen molar-refractivity contribution < 1.29 is 33.6 Å². The van der Waals surface area contributed by atoms with Gasteiger partial charge in [-0.25, -0.2) is 4.79 Å². The zero-order chi connectivity index (χ0) is 19.8. The van der Waals surface area contributed by atoms with Crippen molar-refractivity contribution in [3.05, 3.63) is 47.5 Å². The lowest BCUT2D eigenvalue weighted by Gasteiger charge is -2.14. The summed E-state index contributed by atoms with van der Waals surface area (Å²) in [4.78, 5) is 23.8. The molecule has 2 aromatic rings. The van der Waals surface area contributed by atoms with Gasteiger partial charge in [0.05, 0.1) is 26.9 Å². The number of carbonyl (C=O) groups excluding carboxylic acids is 2. The average molecular weight is 375 g/mol. The number of aromatic hydroxyl groups is 1. The molecule has 8 heteroatoms. The summed E-state index contributed by atoms with van der Waals surface area (Å²) in [5, 5.41) is 12.0. The highest BCUT2D eigenvalue weighted by Crippen LogP contribution is 2.38. The van der Waals surface area contributed by atoms with Crippen molar-refractivity contribution >= 4 is 11.9 Å². The molecule has 0 fully saturated rings. The summed E-state index contributed by atoms with van der Waals surface area (Å²) in [6.45, 7) is -0.266. The topological polar surface area (TPSA) is 103 Å². The van der Waals surface area contributed by atoms with Gasteiger partial charge in [0.1, 0.15) is 5.75 Å². The van der Waals surface area contributed by atoms with Crippen molar-refractivity contribution in [1.82, 2.24) is 5.32 Å². The van der Waals surface area contributed by atoms with Gasteiger partial charge in [0.25, 0.3) is 5.91 Å². The minimum atomic E-state index is -0.700. The Morgan fingerprint density at radius 3 is 2.22 bits per heavy atom. The molecule has 0 aliphatic heterocycles. The van der Waals surface area contributed by atoms with E-state index in [-0.39, 0.29) is 17.9 Å². The number of hydrogen-bond acceptors (Lipinski definition) is 7. The van der Waals surface area contributed by atoms with Crippen LogP contribution < -0.4 is 19.5 Å². The Morgan fingerprint density at radius 2 is 1.67 bits per heavy atom. The molecule has 0 saturated carbocycles. The largest absolute Gasteiger partial charge is 0.508 e. The predicted molar refractivity (Wildman–Crippen MR) is 96.3 cm³/mol. The van der Waals surface area contributed by atoms with Gasteiger partial charge in [-0.2, -0.15) is 0 Å². The van der Waals surface area contributed by atoms with Gasteiger partial charge in [0.2, 0.25) is 5.75 Å². The molecule has 0 spiro atoms. The van der Waals surface area contributed by atoms with Crippen LogP contribution in [0.15, 0.2) is 36.4 Å². The third-order valence-electron chi connectivity index (χ3n) is 3.63. The molecule has 0 atom stereocenters. The molecule has 0 aromatic heterocycles. The number of benzene rings is 2. The molecule has 144 valence electrons. The van der Waals surface area contributed by atoms with E-state index in [0.717, 1.165) is 5.56 Å². The second-order valence-corrected chi connectivity index (χ2v) is 5.44. The van der Waals surface area contributed by atoms with Crippen LogP contribution in [0, 0.1) is 0 Å². The van der Waals surface area contributed by atoms with Crippen LogP contribution >= 0.6 is 0 Å². The minimum Gasteiger partial charge on any atom is -0.508 e. The number of carbonyl (C=O) groups is 2. The molecule has 0 bridgehead atoms. The first-order chi connectivity index (χ1) is 13.0. The van der Waals surface area contributed by atoms with E-state index in [9.17, 15) is 14.7 Å². The van der Waals surface area contributed by atoms with E-state index in [2.05, 4.69) is 5.32 Å². The highest BCUT2D eigenvalue weighted by Gasteiger charge is 2.14. The average Bonchev–Trinajstić information content (AvgIpc) is 2.69. The lowest BCUT2D eigenvalue weighted by Crippen LogP contribution is -2.28. The van der Waals surface area contributed by atoms with Crippen molar-refractivity contribution in [2.75, 3.05) is 27.9 Å². The first-order valence-electron chi connectivity index (χ1n) is 8.00. The number of amides is 1. The fraction of sp³-hybridized carbons (Fsp3) is 0.263. The smallest absolute Gasteiger partial charge is 0.338 e. The highest BCUT2D eigenvalue weighted by molar-refractivity contribution is 5.91. The van der Waals surface area contributed by atoms with Crippen molar-refractivity contribution in [3.63, 3.8) is 0 Å². The first kappa shape index (κ1) is 19.9. The van der Waals surface area contributed by atoms with Crippen LogP contribution in [0.5, 0.6) is 23.0 Å². The SMILES string of the molecule is COc1cc(CNC(=O)COC(=O)c2cccc(O)c2)cc(OC)c1OC. The number of hydrogen-bond donors (Lipinski definition) is 2. The van der Waals surface area contributed by atoms with E-state index in [1.165, 1.54) is 45.6 Å². The highest BCUT2D eigenvalue weighted by atomic mass is 16.5. The van der Waals surface area contributed by atoms with Crippen LogP contribution in [0.2, 0.25) is 0 Å². The van der Waals surface area contributed by atoms with Crippen LogP contribution in [0.25, 0.3) is 0 Å². The molecule has 27 heavy (non-hydrogen) atoms. The molecule has 1 amide bonds. The Labute approximate surface area is 156 Å². The number of phenolic OH excluding ortho intramolecular Hbond substituents is 1. The second-order valence-electron chi connectivity index (χ2n) is 5.44. The summed E-state index contributed by atoms with van der Waals surface area (Å²) in [6.07, 6.45) is 0. The Morgan fingerprint density at radius 1 is 1.00 bits per heavy atom. The van der Waals surface area contributed by atoms with Crippen LogP contribution in [0.1, 0.15) is 15.9 Å². The van der Waals surface area contributed by atoms with Gasteiger partial charge in [0, 0.05) is 6.54 Å². The second kappa shape index (κ2) is 9.33. The molecule has 0 aliphatic carbocycles. The maximum absolute atomic E-state index is 11.9. The number of methoxy groups -OCH3 is 3. The summed E-state index contributed by atoms with van der Waals surface area (Å²) in [6, 6.07) is 9.10. The summed E-state index contributed by atoms with van der Waals surface area (Å²) in [5.74, 6) is 0.158. The van der Waals surface area contributed by atoms with Gasteiger partial charge in [-0.05, 0) is 35.9 Å². The summed E-state index contributed by atoms with van der Waals surface area (Å²) >= 11 is 0. The van der Waals surface area contributed by atoms with Crippen LogP contribution in [0.4, 0.5) is 0 Å². The molecular weight excluding hydrogens is 354 g/mol. The lowest BCUT2D eigenvalue weighted by molar-refractivity contribution is -0.124. The van der Waals surface area contributed by atoms with Crippen LogP contribution in [-0.4, -0.2) is 44.9 Å². The van der Waals surface area contributed by atoms with Crippen molar-refractivity contribution in [2.45, 2.75) is 6.54 Å². The zero-order valence-electron chi connectivity index (χ0n) is 15.3. The molecule has 2 aromatic carbocycles. The Balaban J connectivity index is 1.92. The molecule has 0 saturated heterocycles. The van der Waals surface area contributed by atoms with Gasteiger partial charge < -0.3 is 29.4 Å². The van der Waals surface area contributed by atoms with Crippen molar-refractivity contribution in [2.24, 2.45) is 0 Å². The summed E-state index contributed by atoms with van der Waals surface area (Å²) in [7, 11) is 4.50. The number of esters is 1. The van der Waals surface area contributed by atoms with E-state index in [0.29, 0.717) is 17.2 Å². The van der Waals surface area contributed by atoms with Gasteiger partial charge >= 0.3 is 5.97 Å². The molecule has 0 heterocycles. The van der Waals surface area contributed by atoms with Gasteiger partial charge in [-0.1, -0.05) is 6.07 Å². The predicted octanol–water partition coefficient (Wildman–Crippen LogP) is 1.89. The van der Waals surface area contributed by atoms with E-state index < -0.39 is 18.5 Å². The molecule has 2 N–H and O–H groups in total. The molecule has 8 nitrogen and oxygen atoms in total. The monoisotopic (exact) mass is 375 g/mol. The van der Waals surface area contributed by atoms with E-state index >= 15 is 0 Å². The summed E-state index contributed by atoms with van der Waals surface area (Å²) in [5.41, 5.74) is 0.879. The molecule has 0 radical (unpaired) electrons. The van der Waals surface area contributed by atoms with Crippen molar-refractivity contribution in [3.8, 4) is 23.0 Å². The lowest BCUT2D eigenvalue weighted by atomic mass is 10.1. The molecule has 2 rings (SSSR count). The van der Waals surface area contributed by atoms with Crippen LogP contribution in [0.3, 0.4) is 0 Å². The van der Waals surface area contributed by atoms with Crippen LogP contribution in [-0.2, 0) is 16.1 Å². The zero-order valence-corrected chi connectivity index (χ0v) is 15.3. The summed E-state index contributed by atoms with van der Waals surface area (Å²) < 4.78 is 20.7. The first-order valence-corrected chi connectivity index (χ1v) is 8.00. The number of nitrogens with one attached hydrogen (secondary N) is 1. The number of phenols is 1. The van der Waals surface area contributed by atoms with Gasteiger partial charge in [-0.15, -0.1) is 0 Å². The third kappa shape index (κ3) is 5.27. The fourth-order valence-corrected chi connectivity index (χ4v) is 2.34. The minimum absolute atomic E-state index is 0.0590. The molecule has 0 aliphatic rings. The third-order valence-corrected chi connectivity index (χ3v) is 3.63. The normalized spacial score (nSPS) is 10.0. The fourth-order valence-electron chi connectivity index (χ4n) is 2.34. The molecule has 0 unspecified atom stereocenters. The van der Waals surface area contributed by atoms with E-state index in [4.69, 9.17) is 18.9 Å². The number of ether oxygens (including phenoxy) is 4. The Bertz CT molecular complexity index is 794. The maximum atomic E-state index is 11.9. The molecular formula is C19H21NO7. The quantitative estimate of drug-likeness (QED) is 0.679. The van der Waals surface area contributed by atoms with Gasteiger partial charge in [-0.3, -0.25) is 4.79 Å². The Hall–Kier alpha value is -3.42. The van der Waals surface area contributed by atoms with Gasteiger partial charge in [0.15, 0.2) is 18.1 Å². The standard InChI is InChI=1S/C19H21NO7/c1-24-15-7-12(8-16(25-2)18(15)26-3)10-20-17(22)11-27-19(23)13-5-4-6-14(21)9-13/h4-9,21H,10-11H2,1-3H3,(H,20,22). The van der Waals surface area contributed by atoms with Crippen molar-refractivity contribution in [1.29, 1.82) is 0 Å².